The molecule has 1 rings (SSSR count). The number of nitrogens with zero attached hydrogens (tertiary/aromatic N) is 1. The topological polar surface area (TPSA) is 61.8 Å². The van der Waals surface area contributed by atoms with Crippen molar-refractivity contribution in [1.82, 2.24) is 10.2 Å². The third-order valence-corrected chi connectivity index (χ3v) is 2.72. The summed E-state index contributed by atoms with van der Waals surface area (Å²) in [6, 6.07) is 0.0491. The zero-order valence-corrected chi connectivity index (χ0v) is 9.40. The first-order valence-electron chi connectivity index (χ1n) is 5.34. The maximum Gasteiger partial charge on any atom is 0.304 e. The summed E-state index contributed by atoms with van der Waals surface area (Å²) in [5, 5.41) is 11.9. The Hall–Kier alpha value is -0.650. The number of likely N-dealkylation sites (N-methyl/N-ethyl adjacent to an activating group) is 1. The summed E-state index contributed by atoms with van der Waals surface area (Å²) in [5.41, 5.74) is 0. The van der Waals surface area contributed by atoms with Crippen LogP contribution in [-0.2, 0) is 9.53 Å². The summed E-state index contributed by atoms with van der Waals surface area (Å²) in [6.07, 6.45) is 0.358. The standard InChI is InChI=1S/C10H20N2O3/c1-8(5-10(13)14)12(2)7-9-6-11-3-4-15-9/h8-9,11H,3-7H2,1-2H3,(H,13,14). The third kappa shape index (κ3) is 4.59. The van der Waals surface area contributed by atoms with Crippen LogP contribution in [0.15, 0.2) is 0 Å². The van der Waals surface area contributed by atoms with Crippen LogP contribution in [0.1, 0.15) is 13.3 Å². The number of hydrogen-bond donors (Lipinski definition) is 2. The summed E-state index contributed by atoms with van der Waals surface area (Å²) in [7, 11) is 1.94. The first-order chi connectivity index (χ1) is 7.09. The molecule has 5 nitrogen and oxygen atoms in total. The van der Waals surface area contributed by atoms with E-state index in [1.165, 1.54) is 0 Å². The molecule has 1 fully saturated rings. The van der Waals surface area contributed by atoms with E-state index < -0.39 is 5.97 Å². The molecule has 0 aromatic rings. The van der Waals surface area contributed by atoms with E-state index in [2.05, 4.69) is 5.32 Å². The molecule has 0 spiro atoms. The van der Waals surface area contributed by atoms with Gasteiger partial charge in [0.15, 0.2) is 0 Å². The van der Waals surface area contributed by atoms with Crippen molar-refractivity contribution in [3.8, 4) is 0 Å². The van der Waals surface area contributed by atoms with E-state index in [9.17, 15) is 4.79 Å². The van der Waals surface area contributed by atoms with E-state index >= 15 is 0 Å². The van der Waals surface area contributed by atoms with Gasteiger partial charge in [0.25, 0.3) is 0 Å². The molecule has 0 bridgehead atoms. The van der Waals surface area contributed by atoms with Crippen LogP contribution in [0.2, 0.25) is 0 Å². The fraction of sp³-hybridized carbons (Fsp3) is 0.900. The van der Waals surface area contributed by atoms with Crippen molar-refractivity contribution in [2.75, 3.05) is 33.3 Å². The van der Waals surface area contributed by atoms with Crippen LogP contribution in [0.5, 0.6) is 0 Å². The summed E-state index contributed by atoms with van der Waals surface area (Å²) >= 11 is 0. The van der Waals surface area contributed by atoms with Crippen molar-refractivity contribution in [1.29, 1.82) is 0 Å². The molecule has 1 saturated heterocycles. The molecule has 2 unspecified atom stereocenters. The molecule has 1 heterocycles. The second-order valence-corrected chi connectivity index (χ2v) is 4.08. The smallest absolute Gasteiger partial charge is 0.304 e. The number of hydrogen-bond acceptors (Lipinski definition) is 4. The van der Waals surface area contributed by atoms with Crippen molar-refractivity contribution < 1.29 is 14.6 Å². The third-order valence-electron chi connectivity index (χ3n) is 2.72. The zero-order chi connectivity index (χ0) is 11.3. The lowest BCUT2D eigenvalue weighted by atomic mass is 10.2. The minimum Gasteiger partial charge on any atom is -0.481 e. The van der Waals surface area contributed by atoms with E-state index in [0.717, 1.165) is 26.2 Å². The van der Waals surface area contributed by atoms with Crippen molar-refractivity contribution in [3.63, 3.8) is 0 Å². The average Bonchev–Trinajstić information content (AvgIpc) is 2.18. The molecule has 2 N–H and O–H groups in total. The van der Waals surface area contributed by atoms with E-state index in [1.54, 1.807) is 0 Å². The highest BCUT2D eigenvalue weighted by molar-refractivity contribution is 5.67. The molecule has 5 heteroatoms. The molecule has 0 radical (unpaired) electrons. The predicted octanol–water partition coefficient (Wildman–Crippen LogP) is -0.230. The Morgan fingerprint density at radius 2 is 2.47 bits per heavy atom. The molecular weight excluding hydrogens is 196 g/mol. The van der Waals surface area contributed by atoms with Crippen LogP contribution in [0.3, 0.4) is 0 Å². The lowest BCUT2D eigenvalue weighted by Crippen LogP contribution is -2.46. The molecule has 0 amide bonds. The predicted molar refractivity (Wildman–Crippen MR) is 57.0 cm³/mol. The fourth-order valence-electron chi connectivity index (χ4n) is 1.65. The van der Waals surface area contributed by atoms with Gasteiger partial charge < -0.3 is 20.1 Å². The van der Waals surface area contributed by atoms with Gasteiger partial charge in [-0.1, -0.05) is 0 Å². The number of morpholine rings is 1. The molecule has 0 aromatic carbocycles. The van der Waals surface area contributed by atoms with Crippen LogP contribution >= 0.6 is 0 Å². The Kier molecular flexibility index (Phi) is 5.01. The summed E-state index contributed by atoms with van der Waals surface area (Å²) in [5.74, 6) is -0.753. The Morgan fingerprint density at radius 3 is 3.00 bits per heavy atom. The number of ether oxygens (including phenoxy) is 1. The van der Waals surface area contributed by atoms with Crippen LogP contribution in [0.25, 0.3) is 0 Å². The van der Waals surface area contributed by atoms with E-state index in [1.807, 2.05) is 18.9 Å². The summed E-state index contributed by atoms with van der Waals surface area (Å²) < 4.78 is 5.55. The minimum absolute atomic E-state index is 0.0491. The molecule has 88 valence electrons. The zero-order valence-electron chi connectivity index (χ0n) is 9.40. The SMILES string of the molecule is CC(CC(=O)O)N(C)CC1CNCCO1. The molecular formula is C10H20N2O3. The fourth-order valence-corrected chi connectivity index (χ4v) is 1.65. The van der Waals surface area contributed by atoms with E-state index in [-0.39, 0.29) is 18.6 Å². The molecule has 2 atom stereocenters. The molecule has 1 aliphatic rings. The number of aliphatic carboxylic acids is 1. The number of carbonyl (C=O) groups is 1. The number of nitrogens with one attached hydrogen (secondary N) is 1. The second-order valence-electron chi connectivity index (χ2n) is 4.08. The van der Waals surface area contributed by atoms with Gasteiger partial charge in [0.1, 0.15) is 0 Å². The van der Waals surface area contributed by atoms with Gasteiger partial charge in [0, 0.05) is 25.7 Å². The van der Waals surface area contributed by atoms with Crippen molar-refractivity contribution in [3.05, 3.63) is 0 Å². The van der Waals surface area contributed by atoms with E-state index in [4.69, 9.17) is 9.84 Å². The minimum atomic E-state index is -0.753. The highest BCUT2D eigenvalue weighted by atomic mass is 16.5. The molecule has 0 aromatic heterocycles. The van der Waals surface area contributed by atoms with Crippen LogP contribution in [-0.4, -0.2) is 61.4 Å². The molecule has 15 heavy (non-hydrogen) atoms. The maximum atomic E-state index is 10.5. The van der Waals surface area contributed by atoms with Crippen LogP contribution < -0.4 is 5.32 Å². The first-order valence-corrected chi connectivity index (χ1v) is 5.34. The van der Waals surface area contributed by atoms with Crippen LogP contribution in [0.4, 0.5) is 0 Å². The molecule has 1 aliphatic heterocycles. The Labute approximate surface area is 90.4 Å². The van der Waals surface area contributed by atoms with Gasteiger partial charge in [-0.25, -0.2) is 0 Å². The van der Waals surface area contributed by atoms with Crippen LogP contribution in [0, 0.1) is 0 Å². The van der Waals surface area contributed by atoms with Gasteiger partial charge in [-0.3, -0.25) is 4.79 Å². The number of rotatable bonds is 5. The monoisotopic (exact) mass is 216 g/mol. The highest BCUT2D eigenvalue weighted by Crippen LogP contribution is 2.05. The van der Waals surface area contributed by atoms with Gasteiger partial charge in [-0.15, -0.1) is 0 Å². The number of carboxylic acid groups (broad SMARTS) is 1. The highest BCUT2D eigenvalue weighted by Gasteiger charge is 2.19. The van der Waals surface area contributed by atoms with Gasteiger partial charge in [-0.05, 0) is 14.0 Å². The first kappa shape index (κ1) is 12.4. The lowest BCUT2D eigenvalue weighted by Gasteiger charge is -2.30. The number of carboxylic acids is 1. The Bertz CT molecular complexity index is 205. The van der Waals surface area contributed by atoms with Gasteiger partial charge in [-0.2, -0.15) is 0 Å². The van der Waals surface area contributed by atoms with Crippen molar-refractivity contribution >= 4 is 5.97 Å². The molecule has 0 aliphatic carbocycles. The van der Waals surface area contributed by atoms with Gasteiger partial charge in [0.2, 0.25) is 0 Å². The molecule has 0 saturated carbocycles. The largest absolute Gasteiger partial charge is 0.481 e. The van der Waals surface area contributed by atoms with Crippen molar-refractivity contribution in [2.45, 2.75) is 25.5 Å². The van der Waals surface area contributed by atoms with E-state index in [0.29, 0.717) is 0 Å². The summed E-state index contributed by atoms with van der Waals surface area (Å²) in [6.45, 7) is 5.20. The van der Waals surface area contributed by atoms with Crippen molar-refractivity contribution in [2.24, 2.45) is 0 Å². The normalized spacial score (nSPS) is 24.1. The summed E-state index contributed by atoms with van der Waals surface area (Å²) in [4.78, 5) is 12.6. The second kappa shape index (κ2) is 6.05. The Balaban J connectivity index is 2.26. The lowest BCUT2D eigenvalue weighted by molar-refractivity contribution is -0.138. The van der Waals surface area contributed by atoms with Gasteiger partial charge in [0.05, 0.1) is 19.1 Å². The Morgan fingerprint density at radius 1 is 1.73 bits per heavy atom. The quantitative estimate of drug-likeness (QED) is 0.664. The van der Waals surface area contributed by atoms with Gasteiger partial charge >= 0.3 is 5.97 Å². The maximum absolute atomic E-state index is 10.5. The average molecular weight is 216 g/mol.